The van der Waals surface area contributed by atoms with Gasteiger partial charge >= 0.3 is 0 Å². The van der Waals surface area contributed by atoms with Gasteiger partial charge < -0.3 is 27.1 Å². The molecule has 8 nitrogen and oxygen atoms in total. The molecule has 3 aromatic rings. The van der Waals surface area contributed by atoms with Crippen LogP contribution in [0.2, 0.25) is 0 Å². The molecule has 0 radical (unpaired) electrons. The van der Waals surface area contributed by atoms with Crippen molar-refractivity contribution in [1.82, 2.24) is 15.6 Å². The van der Waals surface area contributed by atoms with Crippen molar-refractivity contribution in [1.29, 1.82) is 0 Å². The lowest BCUT2D eigenvalue weighted by Crippen LogP contribution is -2.28. The summed E-state index contributed by atoms with van der Waals surface area (Å²) < 4.78 is 0. The van der Waals surface area contributed by atoms with Crippen molar-refractivity contribution in [3.63, 3.8) is 0 Å². The number of aromatic amines is 1. The Hall–Kier alpha value is -4.17. The van der Waals surface area contributed by atoms with Crippen molar-refractivity contribution in [3.05, 3.63) is 92.8 Å². The summed E-state index contributed by atoms with van der Waals surface area (Å²) >= 11 is 0. The minimum absolute atomic E-state index is 0.152. The highest BCUT2D eigenvalue weighted by molar-refractivity contribution is 6.24. The van der Waals surface area contributed by atoms with E-state index >= 15 is 0 Å². The molecule has 8 heteroatoms. The number of carbonyl (C=O) groups excluding carboxylic acids is 3. The van der Waals surface area contributed by atoms with E-state index in [1.54, 1.807) is 12.1 Å². The predicted octanol–water partition coefficient (Wildman–Crippen LogP) is 6.39. The molecule has 2 aromatic carbocycles. The van der Waals surface area contributed by atoms with E-state index in [0.717, 1.165) is 54.0 Å². The third-order valence-corrected chi connectivity index (χ3v) is 7.51. The van der Waals surface area contributed by atoms with Gasteiger partial charge in [-0.05, 0) is 106 Å². The standard InChI is InChI=1S/C31H38N4O2.2C2H6.CH3NO/c1-18-8-11-23(12-9-18)21(4)35-31(37)24-13-10-19(2)26(15-24)27(30(32)36)16-28-20(3)29(22(5)34-28)25-7-6-14-33-17-25;2*1-2;2-1-3/h8-13,15-16,21,25,33-34H,6-7,14,17H2,1-5H3,(H2,32,36)(H,35,37);2*1-2H3;1H,(H2,2,3)/b27-16-;;;. The molecular weight excluding hydrogens is 550 g/mol. The average molecular weight is 604 g/mol. The maximum absolute atomic E-state index is 13.1. The van der Waals surface area contributed by atoms with Gasteiger partial charge in [0.05, 0.1) is 6.04 Å². The van der Waals surface area contributed by atoms with Crippen molar-refractivity contribution < 1.29 is 14.4 Å². The number of nitrogens with two attached hydrogens (primary N) is 2. The number of hydrogen-bond acceptors (Lipinski definition) is 4. The van der Waals surface area contributed by atoms with Crippen LogP contribution in [0, 0.1) is 27.7 Å². The molecule has 0 spiro atoms. The van der Waals surface area contributed by atoms with Crippen molar-refractivity contribution in [2.75, 3.05) is 13.1 Å². The fraction of sp³-hybridized carbons (Fsp3) is 0.417. The summed E-state index contributed by atoms with van der Waals surface area (Å²) in [5.74, 6) is -0.271. The largest absolute Gasteiger partial charge is 0.372 e. The van der Waals surface area contributed by atoms with Gasteiger partial charge in [-0.3, -0.25) is 14.4 Å². The van der Waals surface area contributed by atoms with Crippen LogP contribution in [0.3, 0.4) is 0 Å². The van der Waals surface area contributed by atoms with E-state index in [2.05, 4.69) is 35.2 Å². The Morgan fingerprint density at radius 3 is 2.16 bits per heavy atom. The van der Waals surface area contributed by atoms with Crippen molar-refractivity contribution >= 4 is 29.9 Å². The van der Waals surface area contributed by atoms with Crippen LogP contribution < -0.4 is 22.1 Å². The molecule has 1 saturated heterocycles. The predicted molar refractivity (Wildman–Crippen MR) is 183 cm³/mol. The van der Waals surface area contributed by atoms with Gasteiger partial charge in [-0.2, -0.15) is 0 Å². The maximum Gasteiger partial charge on any atom is 0.251 e. The van der Waals surface area contributed by atoms with Gasteiger partial charge in [0.25, 0.3) is 5.91 Å². The number of piperidine rings is 1. The van der Waals surface area contributed by atoms with Gasteiger partial charge in [-0.15, -0.1) is 0 Å². The van der Waals surface area contributed by atoms with Crippen LogP contribution in [-0.4, -0.2) is 36.3 Å². The van der Waals surface area contributed by atoms with E-state index in [-0.39, 0.29) is 18.4 Å². The first-order valence-corrected chi connectivity index (χ1v) is 15.6. The zero-order valence-corrected chi connectivity index (χ0v) is 28.1. The Bertz CT molecular complexity index is 1380. The zero-order valence-electron chi connectivity index (χ0n) is 28.1. The summed E-state index contributed by atoms with van der Waals surface area (Å²) in [6.07, 6.45) is 4.39. The maximum atomic E-state index is 13.1. The van der Waals surface area contributed by atoms with Crippen molar-refractivity contribution in [3.8, 4) is 0 Å². The van der Waals surface area contributed by atoms with Gasteiger partial charge in [0.1, 0.15) is 0 Å². The second kappa shape index (κ2) is 19.2. The summed E-state index contributed by atoms with van der Waals surface area (Å²) in [7, 11) is 0. The lowest BCUT2D eigenvalue weighted by molar-refractivity contribution is -0.112. The monoisotopic (exact) mass is 603 g/mol. The Labute approximate surface area is 264 Å². The quantitative estimate of drug-likeness (QED) is 0.158. The molecule has 1 aromatic heterocycles. The highest BCUT2D eigenvalue weighted by Crippen LogP contribution is 2.33. The van der Waals surface area contributed by atoms with Gasteiger partial charge in [0, 0.05) is 29.1 Å². The summed E-state index contributed by atoms with van der Waals surface area (Å²) in [5, 5.41) is 6.56. The van der Waals surface area contributed by atoms with E-state index in [0.29, 0.717) is 22.6 Å². The second-order valence-corrected chi connectivity index (χ2v) is 10.4. The Kier molecular flexibility index (Phi) is 16.5. The van der Waals surface area contributed by atoms with Crippen LogP contribution in [-0.2, 0) is 9.59 Å². The Morgan fingerprint density at radius 2 is 1.61 bits per heavy atom. The van der Waals surface area contributed by atoms with Gasteiger partial charge in [-0.1, -0.05) is 63.6 Å². The van der Waals surface area contributed by atoms with Crippen LogP contribution in [0.1, 0.15) is 115 Å². The Balaban J connectivity index is 0.00000128. The number of aromatic nitrogens is 1. The summed E-state index contributed by atoms with van der Waals surface area (Å²) in [6.45, 7) is 20.1. The number of amides is 3. The normalized spacial score (nSPS) is 14.8. The van der Waals surface area contributed by atoms with Gasteiger partial charge in [-0.25, -0.2) is 0 Å². The molecule has 1 aliphatic heterocycles. The number of aryl methyl sites for hydroxylation is 3. The summed E-state index contributed by atoms with van der Waals surface area (Å²) in [4.78, 5) is 37.9. The van der Waals surface area contributed by atoms with E-state index < -0.39 is 5.91 Å². The fourth-order valence-electron chi connectivity index (χ4n) is 5.34. The average Bonchev–Trinajstić information content (AvgIpc) is 3.31. The zero-order chi connectivity index (χ0) is 33.4. The number of hydrogen-bond donors (Lipinski definition) is 5. The molecule has 4 rings (SSSR count). The molecule has 0 saturated carbocycles. The summed E-state index contributed by atoms with van der Waals surface area (Å²) in [5.41, 5.74) is 19.1. The molecule has 2 heterocycles. The molecular formula is C36H53N5O3. The van der Waals surface area contributed by atoms with E-state index in [4.69, 9.17) is 10.5 Å². The van der Waals surface area contributed by atoms with Crippen LogP contribution in [0.4, 0.5) is 0 Å². The first-order chi connectivity index (χ1) is 21.1. The third kappa shape index (κ3) is 10.2. The Morgan fingerprint density at radius 1 is 1.00 bits per heavy atom. The lowest BCUT2D eigenvalue weighted by Gasteiger charge is -2.23. The smallest absolute Gasteiger partial charge is 0.251 e. The topological polar surface area (TPSA) is 143 Å². The third-order valence-electron chi connectivity index (χ3n) is 7.51. The minimum atomic E-state index is -0.527. The van der Waals surface area contributed by atoms with Gasteiger partial charge in [0.15, 0.2) is 0 Å². The minimum Gasteiger partial charge on any atom is -0.372 e. The van der Waals surface area contributed by atoms with E-state index in [1.165, 1.54) is 11.1 Å². The van der Waals surface area contributed by atoms with Crippen LogP contribution in [0.25, 0.3) is 11.6 Å². The number of H-pyrrole nitrogens is 1. The molecule has 44 heavy (non-hydrogen) atoms. The molecule has 0 bridgehead atoms. The SMILES string of the molecule is CC.CC.Cc1ccc(C(C)NC(=O)c2ccc(C)c(/C(=C/c3[nH]c(C)c(C4CCCNC4)c3C)C(N)=O)c2)cc1.NC=O. The molecule has 7 N–H and O–H groups in total. The number of nitrogens with one attached hydrogen (secondary N) is 3. The first kappa shape index (κ1) is 37.9. The van der Waals surface area contributed by atoms with Crippen molar-refractivity contribution in [2.24, 2.45) is 11.5 Å². The van der Waals surface area contributed by atoms with Crippen molar-refractivity contribution in [2.45, 2.75) is 87.1 Å². The molecule has 240 valence electrons. The number of benzene rings is 2. The lowest BCUT2D eigenvalue weighted by atomic mass is 9.88. The molecule has 2 atom stereocenters. The molecule has 1 fully saturated rings. The summed E-state index contributed by atoms with van der Waals surface area (Å²) in [6, 6.07) is 13.4. The fourth-order valence-corrected chi connectivity index (χ4v) is 5.34. The second-order valence-electron chi connectivity index (χ2n) is 10.4. The highest BCUT2D eigenvalue weighted by Gasteiger charge is 2.23. The van der Waals surface area contributed by atoms with E-state index in [9.17, 15) is 9.59 Å². The van der Waals surface area contributed by atoms with E-state index in [1.807, 2.05) is 84.9 Å². The van der Waals surface area contributed by atoms with Crippen LogP contribution >= 0.6 is 0 Å². The highest BCUT2D eigenvalue weighted by atomic mass is 16.2. The number of carbonyl (C=O) groups is 3. The van der Waals surface area contributed by atoms with Gasteiger partial charge in [0.2, 0.25) is 12.3 Å². The number of rotatable bonds is 7. The van der Waals surface area contributed by atoms with Crippen LogP contribution in [0.5, 0.6) is 0 Å². The van der Waals surface area contributed by atoms with Crippen LogP contribution in [0.15, 0.2) is 42.5 Å². The molecule has 2 unspecified atom stereocenters. The first-order valence-electron chi connectivity index (χ1n) is 15.6. The molecule has 3 amide bonds. The molecule has 0 aliphatic carbocycles. The number of primary amides is 2. The molecule has 1 aliphatic rings.